The van der Waals surface area contributed by atoms with Crippen molar-refractivity contribution >= 4 is 34.0 Å². The lowest BCUT2D eigenvalue weighted by Gasteiger charge is -2.33. The molecule has 2 atom stereocenters. The minimum atomic E-state index is -4.39. The zero-order valence-corrected chi connectivity index (χ0v) is 23.3. The fourth-order valence-corrected chi connectivity index (χ4v) is 6.35. The molecular weight excluding hydrogens is 569 g/mol. The second-order valence-electron chi connectivity index (χ2n) is 10.5. The number of amides is 1. The number of halogens is 3. The Labute approximate surface area is 242 Å². The van der Waals surface area contributed by atoms with Gasteiger partial charge in [0.1, 0.15) is 17.4 Å². The summed E-state index contributed by atoms with van der Waals surface area (Å²) in [5.74, 6) is 0.471. The third-order valence-electron chi connectivity index (χ3n) is 7.58. The van der Waals surface area contributed by atoms with Crippen molar-refractivity contribution in [3.8, 4) is 16.6 Å². The molecule has 0 unspecified atom stereocenters. The predicted molar refractivity (Wildman–Crippen MR) is 150 cm³/mol. The number of nitriles is 1. The number of hydrogen-bond acceptors (Lipinski definition) is 8. The standard InChI is InChI=1S/C29H25F3N6O3S/c1-16-34-25-9-22(26-36-20(15-42-26)11-29(30,31)32)24(35-19-6-7-37-21(8-19)14-41-28(37)40)10-23(25)27(39)38(16)13-18-4-2-17(12-33)3-5-18/h2-5,9-10,15,19,21,35H,6-8,11,13-14H2,1H3/t19-,21-/m0/s1. The van der Waals surface area contributed by atoms with E-state index in [0.717, 1.165) is 16.9 Å². The summed E-state index contributed by atoms with van der Waals surface area (Å²) in [6.45, 7) is 2.79. The fraction of sp³-hybridized carbons (Fsp3) is 0.345. The van der Waals surface area contributed by atoms with Gasteiger partial charge < -0.3 is 15.0 Å². The van der Waals surface area contributed by atoms with Crippen LogP contribution in [0, 0.1) is 18.3 Å². The molecule has 2 aliphatic rings. The topological polar surface area (TPSA) is 113 Å². The number of carbonyl (C=O) groups is 1. The first kappa shape index (κ1) is 27.7. The number of hydrogen-bond donors (Lipinski definition) is 1. The minimum Gasteiger partial charge on any atom is -0.447 e. The maximum atomic E-state index is 13.8. The third-order valence-corrected chi connectivity index (χ3v) is 8.51. The van der Waals surface area contributed by atoms with E-state index in [1.54, 1.807) is 52.8 Å². The molecule has 42 heavy (non-hydrogen) atoms. The Hall–Kier alpha value is -4.44. The van der Waals surface area contributed by atoms with Gasteiger partial charge in [-0.25, -0.2) is 14.8 Å². The molecule has 1 amide bonds. The van der Waals surface area contributed by atoms with Crippen LogP contribution in [0.5, 0.6) is 0 Å². The van der Waals surface area contributed by atoms with Gasteiger partial charge in [0.2, 0.25) is 0 Å². The van der Waals surface area contributed by atoms with Gasteiger partial charge in [0.25, 0.3) is 5.56 Å². The molecule has 0 aliphatic carbocycles. The maximum Gasteiger partial charge on any atom is 0.410 e. The van der Waals surface area contributed by atoms with Crippen LogP contribution in [-0.4, -0.2) is 56.9 Å². The van der Waals surface area contributed by atoms with Gasteiger partial charge in [0.05, 0.1) is 47.2 Å². The quantitative estimate of drug-likeness (QED) is 0.325. The van der Waals surface area contributed by atoms with E-state index in [0.29, 0.717) is 64.5 Å². The highest BCUT2D eigenvalue weighted by atomic mass is 32.1. The van der Waals surface area contributed by atoms with Gasteiger partial charge in [-0.2, -0.15) is 18.4 Å². The number of aromatic nitrogens is 3. The first-order valence-electron chi connectivity index (χ1n) is 13.3. The number of carbonyl (C=O) groups excluding carboxylic acids is 1. The van der Waals surface area contributed by atoms with Gasteiger partial charge in [-0.1, -0.05) is 12.1 Å². The zero-order chi connectivity index (χ0) is 29.6. The molecule has 0 bridgehead atoms. The van der Waals surface area contributed by atoms with E-state index in [9.17, 15) is 22.8 Å². The number of aryl methyl sites for hydroxylation is 1. The molecule has 0 spiro atoms. The van der Waals surface area contributed by atoms with Crippen molar-refractivity contribution in [2.24, 2.45) is 0 Å². The lowest BCUT2D eigenvalue weighted by molar-refractivity contribution is -0.127. The number of cyclic esters (lactones) is 1. The highest BCUT2D eigenvalue weighted by Gasteiger charge is 2.38. The smallest absolute Gasteiger partial charge is 0.410 e. The molecule has 6 rings (SSSR count). The van der Waals surface area contributed by atoms with Gasteiger partial charge >= 0.3 is 12.3 Å². The second kappa shape index (κ2) is 10.8. The Bertz CT molecular complexity index is 1780. The normalized spacial score (nSPS) is 18.5. The van der Waals surface area contributed by atoms with Crippen LogP contribution in [0.15, 0.2) is 46.6 Å². The Morgan fingerprint density at radius 3 is 2.71 bits per heavy atom. The van der Waals surface area contributed by atoms with E-state index in [4.69, 9.17) is 10.00 Å². The Kier molecular flexibility index (Phi) is 7.10. The van der Waals surface area contributed by atoms with Crippen molar-refractivity contribution < 1.29 is 22.7 Å². The molecule has 1 N–H and O–H groups in total. The van der Waals surface area contributed by atoms with Crippen molar-refractivity contribution in [1.82, 2.24) is 19.4 Å². The van der Waals surface area contributed by atoms with Crippen molar-refractivity contribution in [3.63, 3.8) is 0 Å². The number of ether oxygens (including phenoxy) is 1. The summed E-state index contributed by atoms with van der Waals surface area (Å²) in [5.41, 5.74) is 2.53. The van der Waals surface area contributed by atoms with Crippen molar-refractivity contribution in [2.45, 2.75) is 51.0 Å². The summed E-state index contributed by atoms with van der Waals surface area (Å²) < 4.78 is 45.9. The van der Waals surface area contributed by atoms with E-state index < -0.39 is 12.6 Å². The van der Waals surface area contributed by atoms with Crippen molar-refractivity contribution in [2.75, 3.05) is 18.5 Å². The molecule has 13 heteroatoms. The summed E-state index contributed by atoms with van der Waals surface area (Å²) in [4.78, 5) is 36.4. The largest absolute Gasteiger partial charge is 0.447 e. The summed E-state index contributed by atoms with van der Waals surface area (Å²) >= 11 is 1.10. The van der Waals surface area contributed by atoms with Crippen molar-refractivity contribution in [1.29, 1.82) is 5.26 Å². The number of fused-ring (bicyclic) bond motifs is 2. The van der Waals surface area contributed by atoms with Crippen LogP contribution in [0.4, 0.5) is 23.7 Å². The number of piperidine rings is 1. The van der Waals surface area contributed by atoms with Crippen LogP contribution in [0.25, 0.3) is 21.5 Å². The average Bonchev–Trinajstić information content (AvgIpc) is 3.56. The number of benzene rings is 2. The van der Waals surface area contributed by atoms with Gasteiger partial charge in [-0.05, 0) is 49.6 Å². The fourth-order valence-electron chi connectivity index (χ4n) is 5.50. The monoisotopic (exact) mass is 594 g/mol. The molecule has 216 valence electrons. The van der Waals surface area contributed by atoms with Crippen LogP contribution in [-0.2, 0) is 17.7 Å². The van der Waals surface area contributed by atoms with Gasteiger partial charge in [-0.3, -0.25) is 9.36 Å². The predicted octanol–water partition coefficient (Wildman–Crippen LogP) is 5.25. The Morgan fingerprint density at radius 1 is 1.19 bits per heavy atom. The molecule has 0 radical (unpaired) electrons. The molecule has 2 aliphatic heterocycles. The SMILES string of the molecule is Cc1nc2cc(-c3nc(CC(F)(F)F)cs3)c(N[C@H]3CCN4C(=O)OC[C@@H]4C3)cc2c(=O)n1Cc1ccc(C#N)cc1. The maximum absolute atomic E-state index is 13.8. The summed E-state index contributed by atoms with van der Waals surface area (Å²) in [6.07, 6.45) is -4.59. The lowest BCUT2D eigenvalue weighted by atomic mass is 9.97. The number of rotatable bonds is 6. The first-order chi connectivity index (χ1) is 20.1. The molecule has 4 aromatic rings. The summed E-state index contributed by atoms with van der Waals surface area (Å²) in [6, 6.07) is 12.3. The number of nitrogens with one attached hydrogen (secondary N) is 1. The number of nitrogens with zero attached hydrogens (tertiary/aromatic N) is 5. The van der Waals surface area contributed by atoms with E-state index in [-0.39, 0.29) is 36.0 Å². The minimum absolute atomic E-state index is 0.0640. The molecule has 0 saturated carbocycles. The summed E-state index contributed by atoms with van der Waals surface area (Å²) in [5, 5.41) is 14.7. The highest BCUT2D eigenvalue weighted by molar-refractivity contribution is 7.13. The molecule has 9 nitrogen and oxygen atoms in total. The number of anilines is 1. The van der Waals surface area contributed by atoms with Crippen molar-refractivity contribution in [3.05, 3.63) is 74.8 Å². The van der Waals surface area contributed by atoms with E-state index in [2.05, 4.69) is 21.4 Å². The van der Waals surface area contributed by atoms with Gasteiger partial charge in [0, 0.05) is 29.2 Å². The molecule has 2 saturated heterocycles. The molecule has 4 heterocycles. The average molecular weight is 595 g/mol. The van der Waals surface area contributed by atoms with Crippen LogP contribution < -0.4 is 10.9 Å². The highest BCUT2D eigenvalue weighted by Crippen LogP contribution is 2.36. The Balaban J connectivity index is 1.40. The molecule has 2 aromatic carbocycles. The Morgan fingerprint density at radius 2 is 1.98 bits per heavy atom. The van der Waals surface area contributed by atoms with Crippen LogP contribution >= 0.6 is 11.3 Å². The van der Waals surface area contributed by atoms with E-state index >= 15 is 0 Å². The van der Waals surface area contributed by atoms with Crippen LogP contribution in [0.2, 0.25) is 0 Å². The third kappa shape index (κ3) is 5.54. The van der Waals surface area contributed by atoms with Crippen LogP contribution in [0.1, 0.15) is 35.5 Å². The second-order valence-corrected chi connectivity index (χ2v) is 11.4. The molecule has 2 aromatic heterocycles. The van der Waals surface area contributed by atoms with E-state index in [1.165, 1.54) is 5.38 Å². The first-order valence-corrected chi connectivity index (χ1v) is 14.2. The van der Waals surface area contributed by atoms with Gasteiger partial charge in [0.15, 0.2) is 0 Å². The number of thiazole rings is 1. The summed E-state index contributed by atoms with van der Waals surface area (Å²) in [7, 11) is 0. The van der Waals surface area contributed by atoms with Gasteiger partial charge in [-0.15, -0.1) is 11.3 Å². The van der Waals surface area contributed by atoms with Crippen LogP contribution in [0.3, 0.4) is 0 Å². The molecular formula is C29H25F3N6O3S. The molecule has 2 fully saturated rings. The van der Waals surface area contributed by atoms with E-state index in [1.807, 2.05) is 0 Å². The lowest BCUT2D eigenvalue weighted by Crippen LogP contribution is -2.45. The number of alkyl halides is 3. The zero-order valence-electron chi connectivity index (χ0n) is 22.4.